The number of guanidine groups is 1. The number of aliphatic imine (C=N–C) groups is 1. The third-order valence-corrected chi connectivity index (χ3v) is 5.03. The van der Waals surface area contributed by atoms with Crippen LogP contribution < -0.4 is 15.4 Å². The van der Waals surface area contributed by atoms with E-state index in [1.54, 1.807) is 0 Å². The minimum absolute atomic E-state index is 0.0944. The van der Waals surface area contributed by atoms with Gasteiger partial charge in [0.2, 0.25) is 5.91 Å². The Hall–Kier alpha value is -2.28. The summed E-state index contributed by atoms with van der Waals surface area (Å²) in [6, 6.07) is 7.40. The number of amides is 1. The Bertz CT molecular complexity index is 671. The lowest BCUT2D eigenvalue weighted by Crippen LogP contribution is -2.41. The summed E-state index contributed by atoms with van der Waals surface area (Å²) in [5.74, 6) is 1.59. The van der Waals surface area contributed by atoms with Crippen LogP contribution in [0, 0.1) is 5.41 Å². The fourth-order valence-corrected chi connectivity index (χ4v) is 3.70. The van der Waals surface area contributed by atoms with Crippen LogP contribution in [-0.4, -0.2) is 62.8 Å². The number of nitrogens with one attached hydrogen (secondary N) is 2. The molecule has 0 aliphatic carbocycles. The van der Waals surface area contributed by atoms with Gasteiger partial charge in [0.25, 0.3) is 0 Å². The van der Waals surface area contributed by atoms with Crippen LogP contribution in [0.3, 0.4) is 0 Å². The maximum absolute atomic E-state index is 11.2. The van der Waals surface area contributed by atoms with Crippen molar-refractivity contribution in [2.75, 3.05) is 51.3 Å². The number of likely N-dealkylation sites (tertiary alicyclic amines) is 1. The van der Waals surface area contributed by atoms with Crippen molar-refractivity contribution in [3.8, 4) is 5.75 Å². The monoisotopic (exact) mass is 374 g/mol. The predicted molar refractivity (Wildman–Crippen MR) is 106 cm³/mol. The minimum atomic E-state index is -0.0944. The molecule has 1 spiro atoms. The molecular formula is C20H30N4O3. The van der Waals surface area contributed by atoms with Crippen LogP contribution in [0.1, 0.15) is 26.7 Å². The van der Waals surface area contributed by atoms with E-state index in [1.165, 1.54) is 13.3 Å². The first kappa shape index (κ1) is 19.5. The number of ether oxygens (including phenoxy) is 2. The van der Waals surface area contributed by atoms with Gasteiger partial charge in [-0.05, 0) is 31.9 Å². The van der Waals surface area contributed by atoms with Gasteiger partial charge in [-0.1, -0.05) is 6.07 Å². The number of nitrogens with zero attached hydrogens (tertiary/aromatic N) is 2. The van der Waals surface area contributed by atoms with E-state index in [0.29, 0.717) is 18.6 Å². The highest BCUT2D eigenvalue weighted by Crippen LogP contribution is 2.38. The smallest absolute Gasteiger partial charge is 0.221 e. The second-order valence-electron chi connectivity index (χ2n) is 7.27. The van der Waals surface area contributed by atoms with E-state index in [-0.39, 0.29) is 5.91 Å². The molecule has 2 fully saturated rings. The first-order chi connectivity index (χ1) is 13.1. The molecular weight excluding hydrogens is 344 g/mol. The van der Waals surface area contributed by atoms with Crippen molar-refractivity contribution in [2.24, 2.45) is 10.4 Å². The Kier molecular flexibility index (Phi) is 6.55. The lowest BCUT2D eigenvalue weighted by molar-refractivity contribution is -0.114. The molecule has 1 aromatic rings. The summed E-state index contributed by atoms with van der Waals surface area (Å²) in [4.78, 5) is 18.2. The quantitative estimate of drug-likeness (QED) is 0.453. The molecule has 148 valence electrons. The molecule has 1 atom stereocenters. The van der Waals surface area contributed by atoms with Gasteiger partial charge in [-0.3, -0.25) is 4.79 Å². The van der Waals surface area contributed by atoms with Crippen molar-refractivity contribution in [1.29, 1.82) is 0 Å². The maximum Gasteiger partial charge on any atom is 0.221 e. The number of benzene rings is 1. The van der Waals surface area contributed by atoms with Gasteiger partial charge in [-0.25, -0.2) is 4.99 Å². The van der Waals surface area contributed by atoms with E-state index in [1.807, 2.05) is 24.3 Å². The molecule has 2 saturated heterocycles. The van der Waals surface area contributed by atoms with E-state index < -0.39 is 0 Å². The summed E-state index contributed by atoms with van der Waals surface area (Å²) in [6.45, 7) is 9.28. The molecule has 7 heteroatoms. The number of hydrogen-bond acceptors (Lipinski definition) is 4. The number of carbonyl (C=O) groups is 1. The van der Waals surface area contributed by atoms with Crippen LogP contribution >= 0.6 is 0 Å². The first-order valence-corrected chi connectivity index (χ1v) is 9.72. The fraction of sp³-hybridized carbons (Fsp3) is 0.600. The van der Waals surface area contributed by atoms with Gasteiger partial charge in [0.1, 0.15) is 12.4 Å². The van der Waals surface area contributed by atoms with E-state index >= 15 is 0 Å². The summed E-state index contributed by atoms with van der Waals surface area (Å²) in [7, 11) is 0. The van der Waals surface area contributed by atoms with E-state index in [9.17, 15) is 4.79 Å². The van der Waals surface area contributed by atoms with Gasteiger partial charge in [-0.2, -0.15) is 0 Å². The van der Waals surface area contributed by atoms with Gasteiger partial charge in [0.15, 0.2) is 5.96 Å². The molecule has 3 rings (SSSR count). The van der Waals surface area contributed by atoms with Gasteiger partial charge in [0.05, 0.1) is 13.2 Å². The molecule has 1 amide bonds. The Balaban J connectivity index is 1.51. The third-order valence-electron chi connectivity index (χ3n) is 5.03. The lowest BCUT2D eigenvalue weighted by Gasteiger charge is -2.25. The number of anilines is 1. The van der Waals surface area contributed by atoms with Crippen molar-refractivity contribution in [2.45, 2.75) is 26.7 Å². The molecule has 7 nitrogen and oxygen atoms in total. The van der Waals surface area contributed by atoms with Crippen LogP contribution in [0.25, 0.3) is 0 Å². The van der Waals surface area contributed by atoms with E-state index in [2.05, 4.69) is 22.5 Å². The standard InChI is InChI=1S/C20H30N4O3/c1-3-21-19(24-10-7-20(14-24)8-11-26-15-20)22-9-12-27-18-6-4-5-17(13-18)23-16(2)25/h4-6,13H,3,7-12,14-15H2,1-2H3,(H,21,22)(H,23,25). The number of rotatable bonds is 6. The molecule has 0 bridgehead atoms. The highest BCUT2D eigenvalue weighted by atomic mass is 16.5. The van der Waals surface area contributed by atoms with Crippen molar-refractivity contribution < 1.29 is 14.3 Å². The van der Waals surface area contributed by atoms with Crippen molar-refractivity contribution in [3.05, 3.63) is 24.3 Å². The third kappa shape index (κ3) is 5.35. The van der Waals surface area contributed by atoms with Gasteiger partial charge in [-0.15, -0.1) is 0 Å². The topological polar surface area (TPSA) is 75.2 Å². The normalized spacial score (nSPS) is 22.3. The van der Waals surface area contributed by atoms with Crippen molar-refractivity contribution in [3.63, 3.8) is 0 Å². The summed E-state index contributed by atoms with van der Waals surface area (Å²) in [5, 5.41) is 6.15. The average molecular weight is 374 g/mol. The zero-order valence-electron chi connectivity index (χ0n) is 16.3. The average Bonchev–Trinajstić information content (AvgIpc) is 3.28. The Morgan fingerprint density at radius 2 is 2.30 bits per heavy atom. The number of hydrogen-bond donors (Lipinski definition) is 2. The molecule has 2 heterocycles. The molecule has 0 saturated carbocycles. The maximum atomic E-state index is 11.2. The van der Waals surface area contributed by atoms with Crippen LogP contribution in [-0.2, 0) is 9.53 Å². The molecule has 27 heavy (non-hydrogen) atoms. The molecule has 2 N–H and O–H groups in total. The predicted octanol–water partition coefficient (Wildman–Crippen LogP) is 2.10. The van der Waals surface area contributed by atoms with Crippen LogP contribution in [0.15, 0.2) is 29.3 Å². The van der Waals surface area contributed by atoms with Gasteiger partial charge >= 0.3 is 0 Å². The molecule has 2 aliphatic heterocycles. The second kappa shape index (κ2) is 9.08. The summed E-state index contributed by atoms with van der Waals surface area (Å²) in [6.07, 6.45) is 2.32. The SMILES string of the molecule is CCNC(=NCCOc1cccc(NC(C)=O)c1)N1CCC2(CCOC2)C1. The molecule has 1 unspecified atom stereocenters. The summed E-state index contributed by atoms with van der Waals surface area (Å²) < 4.78 is 11.4. The van der Waals surface area contributed by atoms with Gasteiger partial charge < -0.3 is 25.0 Å². The van der Waals surface area contributed by atoms with Crippen molar-refractivity contribution in [1.82, 2.24) is 10.2 Å². The highest BCUT2D eigenvalue weighted by Gasteiger charge is 2.42. The number of carbonyl (C=O) groups excluding carboxylic acids is 1. The highest BCUT2D eigenvalue weighted by molar-refractivity contribution is 5.88. The Morgan fingerprint density at radius 3 is 3.04 bits per heavy atom. The molecule has 1 aromatic carbocycles. The van der Waals surface area contributed by atoms with E-state index in [4.69, 9.17) is 14.5 Å². The fourth-order valence-electron chi connectivity index (χ4n) is 3.70. The van der Waals surface area contributed by atoms with Crippen LogP contribution in [0.2, 0.25) is 0 Å². The molecule has 2 aliphatic rings. The minimum Gasteiger partial charge on any atom is -0.492 e. The summed E-state index contributed by atoms with van der Waals surface area (Å²) in [5.41, 5.74) is 1.05. The van der Waals surface area contributed by atoms with E-state index in [0.717, 1.165) is 56.7 Å². The zero-order chi connectivity index (χ0) is 19.1. The molecule has 0 aromatic heterocycles. The Morgan fingerprint density at radius 1 is 1.41 bits per heavy atom. The Labute approximate surface area is 161 Å². The van der Waals surface area contributed by atoms with Crippen LogP contribution in [0.4, 0.5) is 5.69 Å². The zero-order valence-corrected chi connectivity index (χ0v) is 16.3. The summed E-state index contributed by atoms with van der Waals surface area (Å²) >= 11 is 0. The lowest BCUT2D eigenvalue weighted by atomic mass is 9.87. The van der Waals surface area contributed by atoms with Crippen molar-refractivity contribution >= 4 is 17.6 Å². The van der Waals surface area contributed by atoms with Crippen LogP contribution in [0.5, 0.6) is 5.75 Å². The second-order valence-corrected chi connectivity index (χ2v) is 7.27. The first-order valence-electron chi connectivity index (χ1n) is 9.72. The molecule has 0 radical (unpaired) electrons. The largest absolute Gasteiger partial charge is 0.492 e. The van der Waals surface area contributed by atoms with Gasteiger partial charge in [0, 0.05) is 50.3 Å².